The molecule has 2 aromatic rings. The molecule has 0 unspecified atom stereocenters. The van der Waals surface area contributed by atoms with E-state index in [1.54, 1.807) is 25.2 Å². The number of carbonyl (C=O) groups excluding carboxylic acids is 1. The van der Waals surface area contributed by atoms with Gasteiger partial charge in [-0.25, -0.2) is 9.97 Å². The van der Waals surface area contributed by atoms with E-state index in [4.69, 9.17) is 0 Å². The van der Waals surface area contributed by atoms with E-state index in [1.165, 1.54) is 0 Å². The number of amides is 1. The fraction of sp³-hybridized carbons (Fsp3) is 0.438. The molecule has 2 rings (SSSR count). The number of nitrogens with zero attached hydrogens (tertiary/aromatic N) is 2. The first-order chi connectivity index (χ1) is 11.4. The monoisotopic (exact) mass is 371 g/mol. The summed E-state index contributed by atoms with van der Waals surface area (Å²) in [5.74, 6) is -2.60. The maximum absolute atomic E-state index is 12.4. The SMILES string of the molecule is Cc1nc(SC(F)F)nc(C)c1CCC(=O)N[C@@H](C)c1cccs1. The highest BCUT2D eigenvalue weighted by atomic mass is 32.2. The molecule has 2 aromatic heterocycles. The molecule has 0 aliphatic heterocycles. The van der Waals surface area contributed by atoms with Crippen LogP contribution in [0.25, 0.3) is 0 Å². The molecule has 1 amide bonds. The van der Waals surface area contributed by atoms with Gasteiger partial charge >= 0.3 is 0 Å². The molecular weight excluding hydrogens is 352 g/mol. The molecule has 8 heteroatoms. The first-order valence-corrected chi connectivity index (χ1v) is 9.24. The van der Waals surface area contributed by atoms with E-state index < -0.39 is 5.76 Å². The average molecular weight is 371 g/mol. The first-order valence-electron chi connectivity index (χ1n) is 7.48. The van der Waals surface area contributed by atoms with Crippen LogP contribution in [0, 0.1) is 13.8 Å². The summed E-state index contributed by atoms with van der Waals surface area (Å²) in [4.78, 5) is 21.4. The molecule has 0 aliphatic carbocycles. The lowest BCUT2D eigenvalue weighted by molar-refractivity contribution is -0.121. The van der Waals surface area contributed by atoms with Crippen LogP contribution in [0.5, 0.6) is 0 Å². The molecule has 2 heterocycles. The van der Waals surface area contributed by atoms with Crippen molar-refractivity contribution >= 4 is 29.0 Å². The van der Waals surface area contributed by atoms with Crippen LogP contribution in [-0.2, 0) is 11.2 Å². The van der Waals surface area contributed by atoms with Gasteiger partial charge in [0.15, 0.2) is 5.16 Å². The topological polar surface area (TPSA) is 54.9 Å². The van der Waals surface area contributed by atoms with Gasteiger partial charge in [0.2, 0.25) is 5.91 Å². The second kappa shape index (κ2) is 8.53. The molecule has 0 fully saturated rings. The zero-order valence-electron chi connectivity index (χ0n) is 13.7. The van der Waals surface area contributed by atoms with Crippen molar-refractivity contribution in [1.82, 2.24) is 15.3 Å². The zero-order valence-corrected chi connectivity index (χ0v) is 15.3. The van der Waals surface area contributed by atoms with Crippen molar-refractivity contribution in [1.29, 1.82) is 0 Å². The fourth-order valence-corrected chi connectivity index (χ4v) is 3.64. The number of nitrogens with one attached hydrogen (secondary N) is 1. The second-order valence-corrected chi connectivity index (χ2v) is 7.28. The maximum Gasteiger partial charge on any atom is 0.291 e. The predicted molar refractivity (Wildman–Crippen MR) is 92.6 cm³/mol. The Kier molecular flexibility index (Phi) is 6.68. The molecule has 4 nitrogen and oxygen atoms in total. The molecular formula is C16H19F2N3OS2. The number of alkyl halides is 2. The van der Waals surface area contributed by atoms with Gasteiger partial charge in [0, 0.05) is 22.7 Å². The van der Waals surface area contributed by atoms with E-state index in [-0.39, 0.29) is 17.1 Å². The highest BCUT2D eigenvalue weighted by molar-refractivity contribution is 7.99. The average Bonchev–Trinajstić information content (AvgIpc) is 2.99. The third kappa shape index (κ3) is 5.24. The van der Waals surface area contributed by atoms with Crippen LogP contribution in [0.3, 0.4) is 0 Å². The molecule has 0 aliphatic rings. The number of carbonyl (C=O) groups is 1. The summed E-state index contributed by atoms with van der Waals surface area (Å²) in [6.07, 6.45) is 0.794. The van der Waals surface area contributed by atoms with E-state index in [1.807, 2.05) is 24.4 Å². The number of hydrogen-bond acceptors (Lipinski definition) is 5. The van der Waals surface area contributed by atoms with Crippen LogP contribution in [0.2, 0.25) is 0 Å². The third-order valence-corrected chi connectivity index (χ3v) is 5.17. The smallest absolute Gasteiger partial charge is 0.291 e. The van der Waals surface area contributed by atoms with E-state index >= 15 is 0 Å². The molecule has 130 valence electrons. The molecule has 0 radical (unpaired) electrons. The van der Waals surface area contributed by atoms with Crippen molar-refractivity contribution < 1.29 is 13.6 Å². The number of thioether (sulfide) groups is 1. The second-order valence-electron chi connectivity index (χ2n) is 5.34. The van der Waals surface area contributed by atoms with Gasteiger partial charge in [0.1, 0.15) is 0 Å². The van der Waals surface area contributed by atoms with Crippen molar-refractivity contribution in [2.24, 2.45) is 0 Å². The van der Waals surface area contributed by atoms with Gasteiger partial charge in [-0.2, -0.15) is 8.78 Å². The summed E-state index contributed by atoms with van der Waals surface area (Å²) in [6.45, 7) is 5.46. The van der Waals surface area contributed by atoms with Crippen molar-refractivity contribution in [3.05, 3.63) is 39.3 Å². The van der Waals surface area contributed by atoms with E-state index in [0.717, 1.165) is 10.4 Å². The van der Waals surface area contributed by atoms with Crippen LogP contribution in [-0.4, -0.2) is 21.6 Å². The van der Waals surface area contributed by atoms with Gasteiger partial charge in [-0.3, -0.25) is 4.79 Å². The number of aromatic nitrogens is 2. The molecule has 0 spiro atoms. The minimum Gasteiger partial charge on any atom is -0.349 e. The van der Waals surface area contributed by atoms with E-state index in [2.05, 4.69) is 15.3 Å². The molecule has 0 saturated heterocycles. The van der Waals surface area contributed by atoms with Gasteiger partial charge < -0.3 is 5.32 Å². The lowest BCUT2D eigenvalue weighted by atomic mass is 10.1. The minimum atomic E-state index is -2.54. The highest BCUT2D eigenvalue weighted by Gasteiger charge is 2.15. The largest absolute Gasteiger partial charge is 0.349 e. The normalized spacial score (nSPS) is 12.4. The Balaban J connectivity index is 1.95. The van der Waals surface area contributed by atoms with Crippen molar-refractivity contribution in [2.45, 2.75) is 50.6 Å². The van der Waals surface area contributed by atoms with Crippen LogP contribution < -0.4 is 5.32 Å². The van der Waals surface area contributed by atoms with Crippen LogP contribution in [0.15, 0.2) is 22.7 Å². The fourth-order valence-electron chi connectivity index (χ4n) is 2.36. The Labute approximate surface area is 148 Å². The Morgan fingerprint density at radius 2 is 2.00 bits per heavy atom. The van der Waals surface area contributed by atoms with Gasteiger partial charge in [0.25, 0.3) is 5.76 Å². The van der Waals surface area contributed by atoms with Crippen molar-refractivity contribution in [2.75, 3.05) is 0 Å². The summed E-state index contributed by atoms with van der Waals surface area (Å²) >= 11 is 1.93. The third-order valence-electron chi connectivity index (χ3n) is 3.54. The van der Waals surface area contributed by atoms with E-state index in [9.17, 15) is 13.6 Å². The zero-order chi connectivity index (χ0) is 17.7. The molecule has 0 bridgehead atoms. The molecule has 24 heavy (non-hydrogen) atoms. The van der Waals surface area contributed by atoms with Crippen molar-refractivity contribution in [3.8, 4) is 0 Å². The van der Waals surface area contributed by atoms with Gasteiger partial charge in [0.05, 0.1) is 6.04 Å². The van der Waals surface area contributed by atoms with Gasteiger partial charge in [-0.1, -0.05) is 6.07 Å². The molecule has 1 atom stereocenters. The Morgan fingerprint density at radius 1 is 1.33 bits per heavy atom. The number of hydrogen-bond donors (Lipinski definition) is 1. The maximum atomic E-state index is 12.4. The predicted octanol–water partition coefficient (Wildman–Crippen LogP) is 4.28. The number of thiophene rings is 1. The lowest BCUT2D eigenvalue weighted by Gasteiger charge is -2.13. The summed E-state index contributed by atoms with van der Waals surface area (Å²) in [6, 6.07) is 3.91. The summed E-state index contributed by atoms with van der Waals surface area (Å²) in [5, 5.41) is 5.00. The van der Waals surface area contributed by atoms with Crippen LogP contribution in [0.1, 0.15) is 41.2 Å². The standard InChI is InChI=1S/C16H19F2N3OS2/c1-9-12(10(2)21-16(20-9)24-15(17)18)6-7-14(22)19-11(3)13-5-4-8-23-13/h4-5,8,11,15H,6-7H2,1-3H3,(H,19,22)/t11-/m0/s1. The first kappa shape index (κ1) is 18.8. The number of rotatable bonds is 7. The minimum absolute atomic E-state index is 0.0271. The number of halogens is 2. The quantitative estimate of drug-likeness (QED) is 0.583. The molecule has 0 aromatic carbocycles. The van der Waals surface area contributed by atoms with Crippen molar-refractivity contribution in [3.63, 3.8) is 0 Å². The van der Waals surface area contributed by atoms with E-state index in [0.29, 0.717) is 36.0 Å². The molecule has 0 saturated carbocycles. The Hall–Kier alpha value is -1.54. The van der Waals surface area contributed by atoms with Crippen LogP contribution >= 0.6 is 23.1 Å². The Morgan fingerprint density at radius 3 is 2.54 bits per heavy atom. The molecule has 1 N–H and O–H groups in total. The summed E-state index contributed by atoms with van der Waals surface area (Å²) in [7, 11) is 0. The lowest BCUT2D eigenvalue weighted by Crippen LogP contribution is -2.26. The Bertz CT molecular complexity index is 670. The van der Waals surface area contributed by atoms with Crippen LogP contribution in [0.4, 0.5) is 8.78 Å². The summed E-state index contributed by atoms with van der Waals surface area (Å²) in [5.41, 5.74) is 2.13. The number of aryl methyl sites for hydroxylation is 2. The van der Waals surface area contributed by atoms with Gasteiger partial charge in [-0.05, 0) is 56.0 Å². The summed E-state index contributed by atoms with van der Waals surface area (Å²) < 4.78 is 24.8. The highest BCUT2D eigenvalue weighted by Crippen LogP contribution is 2.24. The van der Waals surface area contributed by atoms with Gasteiger partial charge in [-0.15, -0.1) is 11.3 Å².